The van der Waals surface area contributed by atoms with Gasteiger partial charge in [-0.1, -0.05) is 6.92 Å². The Hall–Kier alpha value is -0.120. The third-order valence-corrected chi connectivity index (χ3v) is 0.882. The molecule has 8 heavy (non-hydrogen) atoms. The van der Waals surface area contributed by atoms with Crippen molar-refractivity contribution in [1.29, 1.82) is 0 Å². The van der Waals surface area contributed by atoms with Gasteiger partial charge in [-0.15, -0.1) is 0 Å². The molecule has 0 aliphatic heterocycles. The minimum atomic E-state index is -0.444. The van der Waals surface area contributed by atoms with Crippen LogP contribution in [0, 0.1) is 0 Å². The topological polar surface area (TPSA) is 35.5 Å². The summed E-state index contributed by atoms with van der Waals surface area (Å²) in [5, 5.41) is 10.5. The van der Waals surface area contributed by atoms with Crippen LogP contribution in [0.3, 0.4) is 0 Å². The number of hydrazine groups is 1. The van der Waals surface area contributed by atoms with Crippen molar-refractivity contribution in [1.82, 2.24) is 10.4 Å². The second kappa shape index (κ2) is 3.83. The molecule has 0 aliphatic carbocycles. The zero-order valence-electron chi connectivity index (χ0n) is 5.68. The van der Waals surface area contributed by atoms with E-state index in [1.165, 1.54) is 0 Å². The predicted molar refractivity (Wildman–Crippen MR) is 33.1 cm³/mol. The van der Waals surface area contributed by atoms with E-state index < -0.39 is 6.23 Å². The van der Waals surface area contributed by atoms with Gasteiger partial charge >= 0.3 is 0 Å². The summed E-state index contributed by atoms with van der Waals surface area (Å²) in [6.45, 7) is 4.59. The smallest absolute Gasteiger partial charge is 0.114 e. The lowest BCUT2D eigenvalue weighted by Gasteiger charge is -2.17. The van der Waals surface area contributed by atoms with Gasteiger partial charge in [0, 0.05) is 13.6 Å². The maximum Gasteiger partial charge on any atom is 0.114 e. The van der Waals surface area contributed by atoms with Crippen molar-refractivity contribution in [2.45, 2.75) is 20.1 Å². The maximum atomic E-state index is 8.70. The molecule has 0 spiro atoms. The lowest BCUT2D eigenvalue weighted by atomic mass is 10.7. The first-order valence-corrected chi connectivity index (χ1v) is 2.82. The van der Waals surface area contributed by atoms with Gasteiger partial charge < -0.3 is 5.11 Å². The van der Waals surface area contributed by atoms with Gasteiger partial charge in [0.1, 0.15) is 6.23 Å². The number of aliphatic hydroxyl groups excluding tert-OH is 1. The third kappa shape index (κ3) is 4.05. The van der Waals surface area contributed by atoms with Crippen molar-refractivity contribution >= 4 is 0 Å². The van der Waals surface area contributed by atoms with E-state index in [4.69, 9.17) is 5.11 Å². The molecular weight excluding hydrogens is 104 g/mol. The quantitative estimate of drug-likeness (QED) is 0.397. The molecule has 0 aliphatic rings. The van der Waals surface area contributed by atoms with Crippen LogP contribution in [0.25, 0.3) is 0 Å². The highest BCUT2D eigenvalue weighted by Gasteiger charge is 1.94. The first-order chi connectivity index (χ1) is 3.66. The molecule has 0 amide bonds. The molecule has 0 fully saturated rings. The average Bonchev–Trinajstić information content (AvgIpc) is 1.65. The SMILES string of the molecule is CCN(C)NC(C)O. The molecule has 0 bridgehead atoms. The zero-order chi connectivity index (χ0) is 6.57. The summed E-state index contributed by atoms with van der Waals surface area (Å²) in [4.78, 5) is 0. The first-order valence-electron chi connectivity index (χ1n) is 2.82. The van der Waals surface area contributed by atoms with E-state index in [0.29, 0.717) is 0 Å². The fraction of sp³-hybridized carbons (Fsp3) is 1.00. The Kier molecular flexibility index (Phi) is 3.77. The summed E-state index contributed by atoms with van der Waals surface area (Å²) in [6, 6.07) is 0. The third-order valence-electron chi connectivity index (χ3n) is 0.882. The van der Waals surface area contributed by atoms with Crippen LogP contribution in [0.4, 0.5) is 0 Å². The van der Waals surface area contributed by atoms with Gasteiger partial charge in [0.2, 0.25) is 0 Å². The summed E-state index contributed by atoms with van der Waals surface area (Å²) >= 11 is 0. The minimum absolute atomic E-state index is 0.444. The van der Waals surface area contributed by atoms with E-state index in [1.807, 2.05) is 19.0 Å². The Labute approximate surface area is 50.3 Å². The fourth-order valence-electron chi connectivity index (χ4n) is 0.410. The summed E-state index contributed by atoms with van der Waals surface area (Å²) in [5.41, 5.74) is 2.78. The molecule has 3 heteroatoms. The number of hydrogen-bond acceptors (Lipinski definition) is 3. The van der Waals surface area contributed by atoms with Gasteiger partial charge in [-0.2, -0.15) is 0 Å². The van der Waals surface area contributed by atoms with Crippen molar-refractivity contribution in [3.05, 3.63) is 0 Å². The van der Waals surface area contributed by atoms with E-state index in [0.717, 1.165) is 6.54 Å². The lowest BCUT2D eigenvalue weighted by Crippen LogP contribution is -2.40. The van der Waals surface area contributed by atoms with Gasteiger partial charge in [0.25, 0.3) is 0 Å². The van der Waals surface area contributed by atoms with Gasteiger partial charge in [0.15, 0.2) is 0 Å². The van der Waals surface area contributed by atoms with Gasteiger partial charge in [0.05, 0.1) is 0 Å². The fourth-order valence-corrected chi connectivity index (χ4v) is 0.410. The van der Waals surface area contributed by atoms with E-state index >= 15 is 0 Å². The monoisotopic (exact) mass is 118 g/mol. The molecule has 0 rings (SSSR count). The molecule has 50 valence electrons. The molecule has 0 aromatic carbocycles. The number of nitrogens with one attached hydrogen (secondary N) is 1. The molecule has 0 radical (unpaired) electrons. The van der Waals surface area contributed by atoms with Crippen LogP contribution < -0.4 is 5.43 Å². The molecule has 2 N–H and O–H groups in total. The number of aliphatic hydroxyl groups is 1. The molecule has 3 nitrogen and oxygen atoms in total. The second-order valence-corrected chi connectivity index (χ2v) is 1.82. The Bertz CT molecular complexity index is 56.4. The van der Waals surface area contributed by atoms with Crippen molar-refractivity contribution < 1.29 is 5.11 Å². The molecule has 0 saturated carbocycles. The summed E-state index contributed by atoms with van der Waals surface area (Å²) in [6.07, 6.45) is -0.444. The highest BCUT2D eigenvalue weighted by Crippen LogP contribution is 1.75. The highest BCUT2D eigenvalue weighted by molar-refractivity contribution is 4.38. The molecule has 1 atom stereocenters. The Morgan fingerprint density at radius 1 is 1.75 bits per heavy atom. The van der Waals surface area contributed by atoms with Crippen molar-refractivity contribution in [2.75, 3.05) is 13.6 Å². The Morgan fingerprint density at radius 2 is 2.25 bits per heavy atom. The predicted octanol–water partition coefficient (Wildman–Crippen LogP) is -0.219. The number of hydrogen-bond donors (Lipinski definition) is 2. The maximum absolute atomic E-state index is 8.70. The van der Waals surface area contributed by atoms with Crippen molar-refractivity contribution in [3.8, 4) is 0 Å². The van der Waals surface area contributed by atoms with E-state index in [9.17, 15) is 0 Å². The summed E-state index contributed by atoms with van der Waals surface area (Å²) in [5.74, 6) is 0. The van der Waals surface area contributed by atoms with E-state index in [-0.39, 0.29) is 0 Å². The van der Waals surface area contributed by atoms with Crippen LogP contribution in [-0.4, -0.2) is 29.9 Å². The van der Waals surface area contributed by atoms with Crippen LogP contribution in [-0.2, 0) is 0 Å². The Balaban J connectivity index is 3.10. The number of rotatable bonds is 3. The van der Waals surface area contributed by atoms with Crippen LogP contribution in [0.5, 0.6) is 0 Å². The first kappa shape index (κ1) is 7.88. The van der Waals surface area contributed by atoms with Crippen molar-refractivity contribution in [3.63, 3.8) is 0 Å². The molecular formula is C5H14N2O. The van der Waals surface area contributed by atoms with Gasteiger partial charge in [-0.25, -0.2) is 10.4 Å². The summed E-state index contributed by atoms with van der Waals surface area (Å²) < 4.78 is 0. The average molecular weight is 118 g/mol. The lowest BCUT2D eigenvalue weighted by molar-refractivity contribution is 0.0667. The number of nitrogens with zero attached hydrogens (tertiary/aromatic N) is 1. The highest BCUT2D eigenvalue weighted by atomic mass is 16.3. The van der Waals surface area contributed by atoms with E-state index in [2.05, 4.69) is 5.43 Å². The van der Waals surface area contributed by atoms with Crippen molar-refractivity contribution in [2.24, 2.45) is 0 Å². The molecule has 0 saturated heterocycles. The van der Waals surface area contributed by atoms with Crippen LogP contribution in [0.2, 0.25) is 0 Å². The molecule has 1 unspecified atom stereocenters. The Morgan fingerprint density at radius 3 is 2.38 bits per heavy atom. The second-order valence-electron chi connectivity index (χ2n) is 1.82. The molecule has 0 aromatic rings. The van der Waals surface area contributed by atoms with E-state index in [1.54, 1.807) is 6.92 Å². The normalized spacial score (nSPS) is 14.6. The molecule has 0 aromatic heterocycles. The van der Waals surface area contributed by atoms with Crippen LogP contribution >= 0.6 is 0 Å². The van der Waals surface area contributed by atoms with Crippen LogP contribution in [0.15, 0.2) is 0 Å². The minimum Gasteiger partial charge on any atom is -0.378 e. The van der Waals surface area contributed by atoms with Gasteiger partial charge in [-0.05, 0) is 6.92 Å². The standard InChI is InChI=1S/C5H14N2O/c1-4-7(3)6-5(2)8/h5-6,8H,4H2,1-3H3. The van der Waals surface area contributed by atoms with Crippen LogP contribution in [0.1, 0.15) is 13.8 Å². The van der Waals surface area contributed by atoms with Gasteiger partial charge in [-0.3, -0.25) is 0 Å². The summed E-state index contributed by atoms with van der Waals surface area (Å²) in [7, 11) is 1.88. The largest absolute Gasteiger partial charge is 0.378 e. The molecule has 0 heterocycles. The zero-order valence-corrected chi connectivity index (χ0v) is 5.68.